The Kier molecular flexibility index (Phi) is 2.96. The van der Waals surface area contributed by atoms with Gasteiger partial charge in [0.25, 0.3) is 0 Å². The van der Waals surface area contributed by atoms with Crippen LogP contribution in [0.25, 0.3) is 0 Å². The molecule has 2 heteroatoms. The standard InChI is InChI=1S/C11H12O2/c1-8-3-5-10(6-4-8)11(13)7-9(2)12/h3-6H,7H2,1-2H3. The van der Waals surface area contributed by atoms with Gasteiger partial charge in [0.2, 0.25) is 0 Å². The van der Waals surface area contributed by atoms with E-state index < -0.39 is 0 Å². The summed E-state index contributed by atoms with van der Waals surface area (Å²) < 4.78 is 0. The van der Waals surface area contributed by atoms with Gasteiger partial charge in [-0.1, -0.05) is 29.8 Å². The van der Waals surface area contributed by atoms with Crippen LogP contribution in [0.5, 0.6) is 0 Å². The Balaban J connectivity index is 2.78. The molecule has 0 aliphatic rings. The summed E-state index contributed by atoms with van der Waals surface area (Å²) in [5.74, 6) is -0.196. The fraction of sp³-hybridized carbons (Fsp3) is 0.273. The minimum atomic E-state index is -0.104. The SMILES string of the molecule is CC(=O)CC(=O)c1ccc(C)cc1. The van der Waals surface area contributed by atoms with Crippen molar-refractivity contribution in [2.75, 3.05) is 0 Å². The van der Waals surface area contributed by atoms with E-state index in [9.17, 15) is 9.59 Å². The summed E-state index contributed by atoms with van der Waals surface area (Å²) in [7, 11) is 0. The molecule has 0 fully saturated rings. The molecule has 0 saturated heterocycles. The van der Waals surface area contributed by atoms with E-state index in [1.807, 2.05) is 19.1 Å². The van der Waals surface area contributed by atoms with Gasteiger partial charge in [0.1, 0.15) is 5.78 Å². The number of Topliss-reactive ketones (excluding diaryl/α,β-unsaturated/α-hetero) is 2. The van der Waals surface area contributed by atoms with Crippen LogP contribution < -0.4 is 0 Å². The van der Waals surface area contributed by atoms with Crippen molar-refractivity contribution in [1.29, 1.82) is 0 Å². The lowest BCUT2D eigenvalue weighted by Gasteiger charge is -1.98. The third-order valence-corrected chi connectivity index (χ3v) is 1.78. The lowest BCUT2D eigenvalue weighted by Crippen LogP contribution is -2.04. The number of aryl methyl sites for hydroxylation is 1. The average Bonchev–Trinajstić information content (AvgIpc) is 2.04. The zero-order chi connectivity index (χ0) is 9.84. The number of carbonyl (C=O) groups excluding carboxylic acids is 2. The van der Waals surface area contributed by atoms with Crippen molar-refractivity contribution >= 4 is 11.6 Å². The van der Waals surface area contributed by atoms with Crippen LogP contribution in [-0.4, -0.2) is 11.6 Å². The minimum Gasteiger partial charge on any atom is -0.300 e. The number of carbonyl (C=O) groups is 2. The highest BCUT2D eigenvalue weighted by molar-refractivity contribution is 6.07. The van der Waals surface area contributed by atoms with E-state index in [2.05, 4.69) is 0 Å². The maximum atomic E-state index is 11.3. The summed E-state index contributed by atoms with van der Waals surface area (Å²) in [6.07, 6.45) is 0.00304. The van der Waals surface area contributed by atoms with Crippen LogP contribution in [0.2, 0.25) is 0 Å². The average molecular weight is 176 g/mol. The topological polar surface area (TPSA) is 34.1 Å². The molecule has 0 radical (unpaired) electrons. The predicted molar refractivity (Wildman–Crippen MR) is 50.8 cm³/mol. The molecule has 0 atom stereocenters. The minimum absolute atomic E-state index is 0.00304. The molecule has 13 heavy (non-hydrogen) atoms. The van der Waals surface area contributed by atoms with Crippen LogP contribution in [0.3, 0.4) is 0 Å². The Hall–Kier alpha value is -1.44. The second-order valence-corrected chi connectivity index (χ2v) is 3.17. The first-order valence-electron chi connectivity index (χ1n) is 4.19. The Labute approximate surface area is 77.6 Å². The van der Waals surface area contributed by atoms with E-state index in [1.54, 1.807) is 12.1 Å². The van der Waals surface area contributed by atoms with Crippen LogP contribution in [0.4, 0.5) is 0 Å². The Bertz CT molecular complexity index is 322. The Morgan fingerprint density at radius 3 is 2.15 bits per heavy atom. The van der Waals surface area contributed by atoms with Crippen molar-refractivity contribution in [2.45, 2.75) is 20.3 Å². The van der Waals surface area contributed by atoms with Gasteiger partial charge < -0.3 is 0 Å². The fourth-order valence-corrected chi connectivity index (χ4v) is 1.07. The van der Waals surface area contributed by atoms with Crippen molar-refractivity contribution in [3.8, 4) is 0 Å². The van der Waals surface area contributed by atoms with Crippen molar-refractivity contribution in [3.63, 3.8) is 0 Å². The number of hydrogen-bond donors (Lipinski definition) is 0. The van der Waals surface area contributed by atoms with E-state index in [0.29, 0.717) is 5.56 Å². The molecule has 0 N–H and O–H groups in total. The number of rotatable bonds is 3. The highest BCUT2D eigenvalue weighted by Crippen LogP contribution is 2.06. The molecule has 0 spiro atoms. The van der Waals surface area contributed by atoms with Crippen molar-refractivity contribution < 1.29 is 9.59 Å². The van der Waals surface area contributed by atoms with Crippen LogP contribution in [0.15, 0.2) is 24.3 Å². The lowest BCUT2D eigenvalue weighted by atomic mass is 10.1. The molecule has 0 saturated carbocycles. The van der Waals surface area contributed by atoms with Crippen LogP contribution in [0.1, 0.15) is 29.3 Å². The van der Waals surface area contributed by atoms with Crippen LogP contribution in [-0.2, 0) is 4.79 Å². The molecule has 0 aromatic heterocycles. The van der Waals surface area contributed by atoms with Gasteiger partial charge in [-0.2, -0.15) is 0 Å². The second-order valence-electron chi connectivity index (χ2n) is 3.17. The summed E-state index contributed by atoms with van der Waals surface area (Å²) in [5, 5.41) is 0. The van der Waals surface area contributed by atoms with Gasteiger partial charge in [0.05, 0.1) is 6.42 Å². The summed E-state index contributed by atoms with van der Waals surface area (Å²) in [5.41, 5.74) is 1.72. The Morgan fingerprint density at radius 1 is 1.15 bits per heavy atom. The maximum absolute atomic E-state index is 11.3. The molecule has 0 aliphatic heterocycles. The van der Waals surface area contributed by atoms with E-state index in [4.69, 9.17) is 0 Å². The molecule has 0 heterocycles. The molecule has 2 nitrogen and oxygen atoms in total. The third-order valence-electron chi connectivity index (χ3n) is 1.78. The summed E-state index contributed by atoms with van der Waals surface area (Å²) in [6, 6.07) is 7.24. The normalized spacial score (nSPS) is 9.69. The highest BCUT2D eigenvalue weighted by atomic mass is 16.1. The Morgan fingerprint density at radius 2 is 1.69 bits per heavy atom. The largest absolute Gasteiger partial charge is 0.300 e. The first-order chi connectivity index (χ1) is 6.09. The predicted octanol–water partition coefficient (Wildman–Crippen LogP) is 2.16. The third kappa shape index (κ3) is 2.82. The van der Waals surface area contributed by atoms with Gasteiger partial charge in [-0.3, -0.25) is 9.59 Å². The summed E-state index contributed by atoms with van der Waals surface area (Å²) >= 11 is 0. The zero-order valence-electron chi connectivity index (χ0n) is 7.83. The van der Waals surface area contributed by atoms with Crippen LogP contribution >= 0.6 is 0 Å². The van der Waals surface area contributed by atoms with Crippen molar-refractivity contribution in [2.24, 2.45) is 0 Å². The van der Waals surface area contributed by atoms with Crippen molar-refractivity contribution in [3.05, 3.63) is 35.4 Å². The highest BCUT2D eigenvalue weighted by Gasteiger charge is 2.07. The van der Waals surface area contributed by atoms with Gasteiger partial charge in [0, 0.05) is 5.56 Å². The zero-order valence-corrected chi connectivity index (χ0v) is 7.83. The van der Waals surface area contributed by atoms with Gasteiger partial charge in [0.15, 0.2) is 5.78 Å². The molecule has 0 bridgehead atoms. The van der Waals surface area contributed by atoms with Gasteiger partial charge in [-0.15, -0.1) is 0 Å². The quantitative estimate of drug-likeness (QED) is 0.522. The molecule has 1 aromatic rings. The summed E-state index contributed by atoms with van der Waals surface area (Å²) in [4.78, 5) is 22.0. The smallest absolute Gasteiger partial charge is 0.170 e. The molecule has 68 valence electrons. The first kappa shape index (κ1) is 9.65. The van der Waals surface area contributed by atoms with Gasteiger partial charge in [-0.25, -0.2) is 0 Å². The molecule has 1 aromatic carbocycles. The maximum Gasteiger partial charge on any atom is 0.170 e. The van der Waals surface area contributed by atoms with Gasteiger partial charge >= 0.3 is 0 Å². The molecule has 0 unspecified atom stereocenters. The monoisotopic (exact) mass is 176 g/mol. The van der Waals surface area contributed by atoms with E-state index >= 15 is 0 Å². The fourth-order valence-electron chi connectivity index (χ4n) is 1.07. The number of hydrogen-bond acceptors (Lipinski definition) is 2. The second kappa shape index (κ2) is 3.99. The molecule has 0 aliphatic carbocycles. The molecular formula is C11H12O2. The van der Waals surface area contributed by atoms with Crippen molar-refractivity contribution in [1.82, 2.24) is 0 Å². The molecule has 1 rings (SSSR count). The summed E-state index contributed by atoms with van der Waals surface area (Å²) in [6.45, 7) is 3.38. The molecule has 0 amide bonds. The number of ketones is 2. The first-order valence-corrected chi connectivity index (χ1v) is 4.19. The van der Waals surface area contributed by atoms with E-state index in [1.165, 1.54) is 6.92 Å². The van der Waals surface area contributed by atoms with E-state index in [0.717, 1.165) is 5.56 Å². The van der Waals surface area contributed by atoms with Crippen LogP contribution in [0, 0.1) is 6.92 Å². The number of benzene rings is 1. The van der Waals surface area contributed by atoms with Gasteiger partial charge in [-0.05, 0) is 13.8 Å². The van der Waals surface area contributed by atoms with E-state index in [-0.39, 0.29) is 18.0 Å². The lowest BCUT2D eigenvalue weighted by molar-refractivity contribution is -0.116. The molecular weight excluding hydrogens is 164 g/mol.